The molecule has 0 bridgehead atoms. The van der Waals surface area contributed by atoms with Crippen molar-refractivity contribution in [3.8, 4) is 5.75 Å². The summed E-state index contributed by atoms with van der Waals surface area (Å²) in [4.78, 5) is 0. The Morgan fingerprint density at radius 1 is 1.35 bits per heavy atom. The van der Waals surface area contributed by atoms with Crippen molar-refractivity contribution in [3.05, 3.63) is 52.4 Å². The van der Waals surface area contributed by atoms with Crippen LogP contribution in [0.4, 0.5) is 0 Å². The maximum atomic E-state index is 5.98. The minimum atomic E-state index is 0.352. The first-order valence-corrected chi connectivity index (χ1v) is 5.74. The first-order valence-electron chi connectivity index (χ1n) is 5.36. The third-order valence-corrected chi connectivity index (χ3v) is 2.78. The van der Waals surface area contributed by atoms with E-state index in [2.05, 4.69) is 0 Å². The molecule has 90 valence electrons. The lowest BCUT2D eigenvalue weighted by Crippen LogP contribution is -1.96. The van der Waals surface area contributed by atoms with Crippen LogP contribution in [0, 0.1) is 6.92 Å². The summed E-state index contributed by atoms with van der Waals surface area (Å²) in [6, 6.07) is 9.27. The molecule has 3 nitrogen and oxygen atoms in total. The lowest BCUT2D eigenvalue weighted by Gasteiger charge is -2.05. The van der Waals surface area contributed by atoms with Crippen LogP contribution in [0.5, 0.6) is 5.75 Å². The molecule has 1 aromatic carbocycles. The highest BCUT2D eigenvalue weighted by atomic mass is 35.5. The zero-order valence-electron chi connectivity index (χ0n) is 9.57. The van der Waals surface area contributed by atoms with Crippen LogP contribution in [0.25, 0.3) is 0 Å². The summed E-state index contributed by atoms with van der Waals surface area (Å²) in [5, 5.41) is 0.592. The fourth-order valence-electron chi connectivity index (χ4n) is 1.57. The van der Waals surface area contributed by atoms with Gasteiger partial charge in [0.15, 0.2) is 0 Å². The van der Waals surface area contributed by atoms with Gasteiger partial charge in [0, 0.05) is 0 Å². The van der Waals surface area contributed by atoms with E-state index in [-0.39, 0.29) is 0 Å². The standard InChI is InChI=1S/C13H14ClNO2/c1-9-6-10(17-13(9)7-15)8-16-12-5-3-2-4-11(12)14/h2-6H,7-8,15H2,1H3. The SMILES string of the molecule is Cc1cc(COc2ccccc2Cl)oc1CN. The molecule has 0 atom stereocenters. The van der Waals surface area contributed by atoms with Crippen molar-refractivity contribution in [2.75, 3.05) is 0 Å². The molecule has 0 fully saturated rings. The molecule has 0 amide bonds. The summed E-state index contributed by atoms with van der Waals surface area (Å²) in [5.74, 6) is 2.20. The molecule has 0 saturated carbocycles. The molecule has 2 rings (SSSR count). The van der Waals surface area contributed by atoms with Gasteiger partial charge in [-0.15, -0.1) is 0 Å². The molecule has 1 heterocycles. The first kappa shape index (κ1) is 12.0. The molecular weight excluding hydrogens is 238 g/mol. The molecule has 2 aromatic rings. The second-order valence-electron chi connectivity index (χ2n) is 3.74. The maximum Gasteiger partial charge on any atom is 0.146 e. The molecule has 0 saturated heterocycles. The summed E-state index contributed by atoms with van der Waals surface area (Å²) >= 11 is 5.98. The second kappa shape index (κ2) is 5.25. The van der Waals surface area contributed by atoms with Crippen LogP contribution in [-0.4, -0.2) is 0 Å². The smallest absolute Gasteiger partial charge is 0.146 e. The van der Waals surface area contributed by atoms with Crippen molar-refractivity contribution in [2.45, 2.75) is 20.1 Å². The Kier molecular flexibility index (Phi) is 3.71. The van der Waals surface area contributed by atoms with E-state index in [0.29, 0.717) is 23.9 Å². The number of benzene rings is 1. The summed E-state index contributed by atoms with van der Waals surface area (Å²) in [5.41, 5.74) is 6.59. The van der Waals surface area contributed by atoms with Gasteiger partial charge >= 0.3 is 0 Å². The molecule has 0 aliphatic rings. The molecule has 0 aliphatic heterocycles. The van der Waals surface area contributed by atoms with Crippen molar-refractivity contribution in [3.63, 3.8) is 0 Å². The van der Waals surface area contributed by atoms with E-state index in [4.69, 9.17) is 26.5 Å². The van der Waals surface area contributed by atoms with Gasteiger partial charge in [0.1, 0.15) is 23.9 Å². The summed E-state index contributed by atoms with van der Waals surface area (Å²) in [7, 11) is 0. The third-order valence-electron chi connectivity index (χ3n) is 2.46. The highest BCUT2D eigenvalue weighted by Gasteiger charge is 2.07. The maximum absolute atomic E-state index is 5.98. The minimum absolute atomic E-state index is 0.352. The van der Waals surface area contributed by atoms with Gasteiger partial charge in [-0.1, -0.05) is 23.7 Å². The number of rotatable bonds is 4. The number of furan rings is 1. The Bertz CT molecular complexity index is 508. The molecule has 0 unspecified atom stereocenters. The lowest BCUT2D eigenvalue weighted by atomic mass is 10.2. The number of halogens is 1. The Morgan fingerprint density at radius 3 is 2.76 bits per heavy atom. The topological polar surface area (TPSA) is 48.4 Å². The summed E-state index contributed by atoms with van der Waals surface area (Å²) in [6.07, 6.45) is 0. The van der Waals surface area contributed by atoms with E-state index < -0.39 is 0 Å². The average Bonchev–Trinajstić information content (AvgIpc) is 2.69. The predicted octanol–water partition coefficient (Wildman–Crippen LogP) is 3.28. The van der Waals surface area contributed by atoms with Gasteiger partial charge in [-0.05, 0) is 30.7 Å². The van der Waals surface area contributed by atoms with Crippen molar-refractivity contribution < 1.29 is 9.15 Å². The van der Waals surface area contributed by atoms with Crippen molar-refractivity contribution in [2.24, 2.45) is 5.73 Å². The van der Waals surface area contributed by atoms with Gasteiger partial charge in [0.25, 0.3) is 0 Å². The van der Waals surface area contributed by atoms with Crippen LogP contribution in [0.3, 0.4) is 0 Å². The Hall–Kier alpha value is -1.45. The monoisotopic (exact) mass is 251 g/mol. The highest BCUT2D eigenvalue weighted by Crippen LogP contribution is 2.24. The quantitative estimate of drug-likeness (QED) is 0.907. The zero-order chi connectivity index (χ0) is 12.3. The van der Waals surface area contributed by atoms with Gasteiger partial charge in [-0.2, -0.15) is 0 Å². The average molecular weight is 252 g/mol. The third kappa shape index (κ3) is 2.81. The molecule has 0 spiro atoms. The Balaban J connectivity index is 2.05. The van der Waals surface area contributed by atoms with Gasteiger partial charge in [-0.3, -0.25) is 0 Å². The Labute approximate surface area is 105 Å². The highest BCUT2D eigenvalue weighted by molar-refractivity contribution is 6.32. The largest absolute Gasteiger partial charge is 0.484 e. The van der Waals surface area contributed by atoms with Gasteiger partial charge in [-0.25, -0.2) is 0 Å². The van der Waals surface area contributed by atoms with E-state index in [1.807, 2.05) is 31.2 Å². The summed E-state index contributed by atoms with van der Waals surface area (Å²) < 4.78 is 11.1. The van der Waals surface area contributed by atoms with E-state index >= 15 is 0 Å². The van der Waals surface area contributed by atoms with Crippen LogP contribution in [-0.2, 0) is 13.2 Å². The van der Waals surface area contributed by atoms with Crippen molar-refractivity contribution in [1.82, 2.24) is 0 Å². The molecule has 1 aromatic heterocycles. The fraction of sp³-hybridized carbons (Fsp3) is 0.231. The number of hydrogen-bond acceptors (Lipinski definition) is 3. The Morgan fingerprint density at radius 2 is 2.12 bits per heavy atom. The van der Waals surface area contributed by atoms with E-state index in [9.17, 15) is 0 Å². The number of nitrogens with two attached hydrogens (primary N) is 1. The molecule has 4 heteroatoms. The van der Waals surface area contributed by atoms with Crippen LogP contribution in [0.1, 0.15) is 17.1 Å². The van der Waals surface area contributed by atoms with Gasteiger partial charge in [0.2, 0.25) is 0 Å². The fourth-order valence-corrected chi connectivity index (χ4v) is 1.76. The van der Waals surface area contributed by atoms with Gasteiger partial charge in [0.05, 0.1) is 11.6 Å². The molecule has 0 radical (unpaired) electrons. The van der Waals surface area contributed by atoms with Crippen LogP contribution in [0.15, 0.2) is 34.7 Å². The van der Waals surface area contributed by atoms with Crippen LogP contribution < -0.4 is 10.5 Å². The van der Waals surface area contributed by atoms with E-state index in [1.165, 1.54) is 0 Å². The summed E-state index contributed by atoms with van der Waals surface area (Å²) in [6.45, 7) is 2.72. The molecule has 2 N–H and O–H groups in total. The molecular formula is C13H14ClNO2. The predicted molar refractivity (Wildman–Crippen MR) is 67.1 cm³/mol. The van der Waals surface area contributed by atoms with Crippen molar-refractivity contribution >= 4 is 11.6 Å². The second-order valence-corrected chi connectivity index (χ2v) is 4.15. The number of ether oxygens (including phenoxy) is 1. The van der Waals surface area contributed by atoms with Crippen molar-refractivity contribution in [1.29, 1.82) is 0 Å². The van der Waals surface area contributed by atoms with E-state index in [1.54, 1.807) is 6.07 Å². The minimum Gasteiger partial charge on any atom is -0.484 e. The first-order chi connectivity index (χ1) is 8.20. The van der Waals surface area contributed by atoms with Crippen LogP contribution >= 0.6 is 11.6 Å². The number of hydrogen-bond donors (Lipinski definition) is 1. The molecule has 17 heavy (non-hydrogen) atoms. The zero-order valence-corrected chi connectivity index (χ0v) is 10.3. The number of aryl methyl sites for hydroxylation is 1. The van der Waals surface area contributed by atoms with E-state index in [0.717, 1.165) is 17.1 Å². The normalized spacial score (nSPS) is 10.5. The lowest BCUT2D eigenvalue weighted by molar-refractivity contribution is 0.266. The van der Waals surface area contributed by atoms with Crippen LogP contribution in [0.2, 0.25) is 5.02 Å². The molecule has 0 aliphatic carbocycles. The van der Waals surface area contributed by atoms with Gasteiger partial charge < -0.3 is 14.9 Å². The number of para-hydroxylation sites is 1.